The summed E-state index contributed by atoms with van der Waals surface area (Å²) in [5.74, 6) is 0.871. The quantitative estimate of drug-likeness (QED) is 0.197. The van der Waals surface area contributed by atoms with Crippen molar-refractivity contribution in [1.82, 2.24) is 18.9 Å². The lowest BCUT2D eigenvalue weighted by atomic mass is 10.0. The van der Waals surface area contributed by atoms with Gasteiger partial charge in [-0.2, -0.15) is 4.98 Å². The number of benzene rings is 6. The third-order valence-electron chi connectivity index (χ3n) is 8.86. The summed E-state index contributed by atoms with van der Waals surface area (Å²) in [6, 6.07) is 40.4. The van der Waals surface area contributed by atoms with Crippen LogP contribution < -0.4 is 0 Å². The van der Waals surface area contributed by atoms with E-state index >= 15 is 0 Å². The third-order valence-corrected chi connectivity index (χ3v) is 8.86. The standard InChI is InChI=1S/C37H19N5/c1-38-36-24-13-4-7-15-28(24)39-37(40-36)42-31-19-18-21-10-2-3-11-22(21)32(31)27-20-26-23-12-5-8-16-29(23)41-30-17-9-6-14-25(30)33(34(26)41)35(27)42/h2-20H. The molecule has 10 aromatic rings. The van der Waals surface area contributed by atoms with Gasteiger partial charge in [0.1, 0.15) is 0 Å². The summed E-state index contributed by atoms with van der Waals surface area (Å²) in [5.41, 5.74) is 6.42. The maximum absolute atomic E-state index is 7.96. The van der Waals surface area contributed by atoms with E-state index in [-0.39, 0.29) is 0 Å². The van der Waals surface area contributed by atoms with Gasteiger partial charge in [0.05, 0.1) is 33.1 Å². The summed E-state index contributed by atoms with van der Waals surface area (Å²) in [4.78, 5) is 13.8. The van der Waals surface area contributed by atoms with Gasteiger partial charge in [-0.1, -0.05) is 96.5 Å². The maximum Gasteiger partial charge on any atom is 0.332 e. The fourth-order valence-corrected chi connectivity index (χ4v) is 7.22. The highest BCUT2D eigenvalue weighted by atomic mass is 15.2. The van der Waals surface area contributed by atoms with E-state index < -0.39 is 0 Å². The molecule has 0 aliphatic rings. The van der Waals surface area contributed by atoms with Gasteiger partial charge in [-0.3, -0.25) is 4.57 Å². The van der Waals surface area contributed by atoms with Gasteiger partial charge in [0.25, 0.3) is 5.82 Å². The summed E-state index contributed by atoms with van der Waals surface area (Å²) in [5, 5.41) is 10.3. The highest BCUT2D eigenvalue weighted by Crippen LogP contribution is 2.47. The zero-order valence-electron chi connectivity index (χ0n) is 22.2. The molecule has 0 unspecified atom stereocenters. The van der Waals surface area contributed by atoms with E-state index in [1.807, 2.05) is 24.3 Å². The number of nitrogens with zero attached hydrogens (tertiary/aromatic N) is 5. The second-order valence-corrected chi connectivity index (χ2v) is 10.9. The summed E-state index contributed by atoms with van der Waals surface area (Å²) in [7, 11) is 0. The summed E-state index contributed by atoms with van der Waals surface area (Å²) in [6.45, 7) is 7.96. The monoisotopic (exact) mass is 533 g/mol. The van der Waals surface area contributed by atoms with E-state index in [0.717, 1.165) is 27.3 Å². The van der Waals surface area contributed by atoms with E-state index in [1.165, 1.54) is 54.3 Å². The smallest absolute Gasteiger partial charge is 0.332 e. The van der Waals surface area contributed by atoms with Crippen molar-refractivity contribution < 1.29 is 0 Å². The van der Waals surface area contributed by atoms with Crippen LogP contribution in [0.1, 0.15) is 0 Å². The first-order valence-electron chi connectivity index (χ1n) is 14.0. The zero-order chi connectivity index (χ0) is 27.5. The van der Waals surface area contributed by atoms with E-state index in [0.29, 0.717) is 11.8 Å². The minimum Gasteiger partial charge on any atom is -0.360 e. The molecule has 0 N–H and O–H groups in total. The van der Waals surface area contributed by atoms with Crippen molar-refractivity contribution in [3.8, 4) is 5.95 Å². The second-order valence-electron chi connectivity index (χ2n) is 10.9. The predicted molar refractivity (Wildman–Crippen MR) is 172 cm³/mol. The molecule has 6 aromatic carbocycles. The Morgan fingerprint density at radius 2 is 1.21 bits per heavy atom. The van der Waals surface area contributed by atoms with Crippen LogP contribution in [-0.4, -0.2) is 18.9 Å². The fourth-order valence-electron chi connectivity index (χ4n) is 7.22. The lowest BCUT2D eigenvalue weighted by Crippen LogP contribution is -2.01. The van der Waals surface area contributed by atoms with Crippen molar-refractivity contribution in [2.24, 2.45) is 0 Å². The molecule has 0 saturated carbocycles. The molecule has 42 heavy (non-hydrogen) atoms. The van der Waals surface area contributed by atoms with Gasteiger partial charge in [0.15, 0.2) is 0 Å². The molecule has 0 bridgehead atoms. The van der Waals surface area contributed by atoms with E-state index in [1.54, 1.807) is 0 Å². The van der Waals surface area contributed by atoms with Crippen LogP contribution >= 0.6 is 0 Å². The van der Waals surface area contributed by atoms with E-state index in [2.05, 4.69) is 105 Å². The molecular weight excluding hydrogens is 514 g/mol. The van der Waals surface area contributed by atoms with E-state index in [4.69, 9.17) is 16.5 Å². The first-order chi connectivity index (χ1) is 20.8. The Labute approximate surface area is 238 Å². The molecule has 5 nitrogen and oxygen atoms in total. The molecule has 0 radical (unpaired) electrons. The predicted octanol–water partition coefficient (Wildman–Crippen LogP) is 9.58. The number of hydrogen-bond acceptors (Lipinski definition) is 2. The molecule has 0 spiro atoms. The first kappa shape index (κ1) is 21.8. The van der Waals surface area contributed by atoms with Crippen molar-refractivity contribution in [2.45, 2.75) is 0 Å². The van der Waals surface area contributed by atoms with Gasteiger partial charge in [0, 0.05) is 37.7 Å². The third kappa shape index (κ3) is 2.53. The Kier molecular flexibility index (Phi) is 3.94. The lowest BCUT2D eigenvalue weighted by molar-refractivity contribution is 1.02. The number of para-hydroxylation sites is 3. The molecule has 0 fully saturated rings. The van der Waals surface area contributed by atoms with Crippen molar-refractivity contribution >= 4 is 87.4 Å². The first-order valence-corrected chi connectivity index (χ1v) is 14.0. The van der Waals surface area contributed by atoms with Crippen molar-refractivity contribution in [1.29, 1.82) is 0 Å². The molecule has 4 aromatic heterocycles. The average Bonchev–Trinajstić information content (AvgIpc) is 3.68. The van der Waals surface area contributed by atoms with Crippen LogP contribution in [0.4, 0.5) is 5.82 Å². The van der Waals surface area contributed by atoms with Crippen LogP contribution in [0.5, 0.6) is 0 Å². The maximum atomic E-state index is 7.96. The van der Waals surface area contributed by atoms with Crippen LogP contribution in [0.15, 0.2) is 115 Å². The Bertz CT molecular complexity index is 2810. The molecule has 0 atom stereocenters. The summed E-state index contributed by atoms with van der Waals surface area (Å²) < 4.78 is 4.60. The average molecular weight is 534 g/mol. The highest BCUT2D eigenvalue weighted by Gasteiger charge is 2.27. The van der Waals surface area contributed by atoms with Crippen LogP contribution in [0.25, 0.3) is 92.4 Å². The van der Waals surface area contributed by atoms with Gasteiger partial charge >= 0.3 is 5.95 Å². The zero-order valence-corrected chi connectivity index (χ0v) is 22.2. The van der Waals surface area contributed by atoms with Gasteiger partial charge in [-0.25, -0.2) is 0 Å². The largest absolute Gasteiger partial charge is 0.360 e. The normalized spacial score (nSPS) is 12.3. The van der Waals surface area contributed by atoms with Crippen LogP contribution in [-0.2, 0) is 0 Å². The van der Waals surface area contributed by atoms with E-state index in [9.17, 15) is 0 Å². The van der Waals surface area contributed by atoms with Crippen molar-refractivity contribution in [2.75, 3.05) is 0 Å². The number of fused-ring (bicyclic) bond motifs is 13. The van der Waals surface area contributed by atoms with Gasteiger partial charge < -0.3 is 9.25 Å². The minimum atomic E-state index is 0.360. The molecule has 10 rings (SSSR count). The van der Waals surface area contributed by atoms with Crippen molar-refractivity contribution in [3.05, 3.63) is 127 Å². The Morgan fingerprint density at radius 3 is 2.05 bits per heavy atom. The molecule has 0 aliphatic carbocycles. The number of aromatic nitrogens is 4. The second kappa shape index (κ2) is 7.60. The Hall–Kier alpha value is -5.99. The van der Waals surface area contributed by atoms with Crippen molar-refractivity contribution in [3.63, 3.8) is 0 Å². The molecule has 0 aliphatic heterocycles. The number of hydrogen-bond donors (Lipinski definition) is 0. The Morgan fingerprint density at radius 1 is 0.524 bits per heavy atom. The summed E-state index contributed by atoms with van der Waals surface area (Å²) in [6.07, 6.45) is 0. The van der Waals surface area contributed by atoms with Gasteiger partial charge in [-0.05, 0) is 41.1 Å². The summed E-state index contributed by atoms with van der Waals surface area (Å²) >= 11 is 0. The highest BCUT2D eigenvalue weighted by molar-refractivity contribution is 6.36. The fraction of sp³-hybridized carbons (Fsp3) is 0. The molecule has 192 valence electrons. The molecule has 0 saturated heterocycles. The number of rotatable bonds is 1. The molecular formula is C37H19N5. The SMILES string of the molecule is [C-]#[N+]c1nc(-n2c3ccc4ccccc4c3c3cc4c5ccccc5n5c6ccccc6c(c32)c45)nc2ccccc12. The van der Waals surface area contributed by atoms with Gasteiger partial charge in [-0.15, -0.1) is 0 Å². The van der Waals surface area contributed by atoms with Crippen LogP contribution in [0, 0.1) is 6.57 Å². The molecule has 4 heterocycles. The minimum absolute atomic E-state index is 0.360. The topological polar surface area (TPSA) is 39.5 Å². The van der Waals surface area contributed by atoms with Crippen LogP contribution in [0.3, 0.4) is 0 Å². The molecule has 5 heteroatoms. The molecule has 0 amide bonds. The van der Waals surface area contributed by atoms with Crippen LogP contribution in [0.2, 0.25) is 0 Å². The van der Waals surface area contributed by atoms with Gasteiger partial charge in [0.2, 0.25) is 0 Å². The Balaban J connectivity index is 1.55. The lowest BCUT2D eigenvalue weighted by Gasteiger charge is -2.07.